The molecule has 0 fully saturated rings. The zero-order chi connectivity index (χ0) is 46.3. The Labute approximate surface area is 399 Å². The molecule has 332 valence electrons. The summed E-state index contributed by atoms with van der Waals surface area (Å²) in [7, 11) is 0. The van der Waals surface area contributed by atoms with Crippen molar-refractivity contribution in [3.05, 3.63) is 199 Å². The lowest BCUT2D eigenvalue weighted by atomic mass is 9.97. The molecule has 5 heterocycles. The normalized spacial score (nSPS) is 12.0. The summed E-state index contributed by atoms with van der Waals surface area (Å²) in [4.78, 5) is 31.0. The average molecular weight is 895 g/mol. The minimum Gasteiger partial charge on any atom is -0.494 e. The molecule has 7 heteroatoms. The van der Waals surface area contributed by atoms with Gasteiger partial charge in [-0.15, -0.1) is 0 Å². The van der Waals surface area contributed by atoms with Gasteiger partial charge in [0, 0.05) is 50.7 Å². The second-order valence-corrected chi connectivity index (χ2v) is 17.4. The molecule has 7 aromatic carbocycles. The average Bonchev–Trinajstić information content (AvgIpc) is 4.25. The van der Waals surface area contributed by atoms with Gasteiger partial charge in [-0.05, 0) is 129 Å². The van der Waals surface area contributed by atoms with E-state index < -0.39 is 0 Å². The molecule has 69 heavy (non-hydrogen) atoms. The van der Waals surface area contributed by atoms with E-state index in [4.69, 9.17) is 19.4 Å². The van der Waals surface area contributed by atoms with Gasteiger partial charge in [-0.1, -0.05) is 140 Å². The highest BCUT2D eigenvalue weighted by molar-refractivity contribution is 6.09. The highest BCUT2D eigenvalue weighted by Crippen LogP contribution is 2.42. The van der Waals surface area contributed by atoms with Crippen molar-refractivity contribution in [2.24, 2.45) is 0 Å². The summed E-state index contributed by atoms with van der Waals surface area (Å²) < 4.78 is 11.2. The highest BCUT2D eigenvalue weighted by Gasteiger charge is 2.21. The number of aromatic amines is 2. The van der Waals surface area contributed by atoms with Crippen molar-refractivity contribution in [3.8, 4) is 50.3 Å². The maximum Gasteiger partial charge on any atom is 0.305 e. The molecule has 2 N–H and O–H groups in total. The van der Waals surface area contributed by atoms with E-state index in [1.165, 1.54) is 0 Å². The van der Waals surface area contributed by atoms with E-state index in [0.29, 0.717) is 26.1 Å². The van der Waals surface area contributed by atoms with E-state index in [1.807, 2.05) is 19.1 Å². The zero-order valence-electron chi connectivity index (χ0n) is 38.0. The number of nitrogens with zero attached hydrogens (tertiary/aromatic N) is 2. The van der Waals surface area contributed by atoms with Crippen molar-refractivity contribution in [2.45, 2.75) is 19.8 Å². The number of rotatable bonds is 10. The molecule has 7 nitrogen and oxygen atoms in total. The van der Waals surface area contributed by atoms with Crippen LogP contribution in [-0.4, -0.2) is 39.1 Å². The number of benzene rings is 7. The van der Waals surface area contributed by atoms with Gasteiger partial charge in [-0.25, -0.2) is 9.97 Å². The number of fused-ring (bicyclic) bond motifs is 11. The lowest BCUT2D eigenvalue weighted by molar-refractivity contribution is -0.143. The van der Waals surface area contributed by atoms with E-state index >= 15 is 0 Å². The van der Waals surface area contributed by atoms with Gasteiger partial charge in [0.2, 0.25) is 0 Å². The second kappa shape index (κ2) is 17.8. The van der Waals surface area contributed by atoms with Gasteiger partial charge in [0.15, 0.2) is 0 Å². The molecule has 8 bridgehead atoms. The van der Waals surface area contributed by atoms with Crippen molar-refractivity contribution in [2.75, 3.05) is 13.2 Å². The van der Waals surface area contributed by atoms with Crippen LogP contribution >= 0.6 is 0 Å². The number of nitrogens with one attached hydrogen (secondary N) is 2. The number of H-pyrrole nitrogens is 2. The largest absolute Gasteiger partial charge is 0.494 e. The first-order valence-corrected chi connectivity index (χ1v) is 23.6. The lowest BCUT2D eigenvalue weighted by Gasteiger charge is -2.11. The number of hydrogen-bond acceptors (Lipinski definition) is 5. The van der Waals surface area contributed by atoms with Crippen molar-refractivity contribution >= 4 is 84.7 Å². The molecule has 0 aliphatic carbocycles. The van der Waals surface area contributed by atoms with Gasteiger partial charge in [0.25, 0.3) is 0 Å². The quantitative estimate of drug-likeness (QED) is 0.105. The molecule has 0 saturated carbocycles. The fourth-order valence-electron chi connectivity index (χ4n) is 10.0. The molecule has 0 radical (unpaired) electrons. The van der Waals surface area contributed by atoms with Gasteiger partial charge in [0.05, 0.1) is 36.0 Å². The van der Waals surface area contributed by atoms with E-state index in [2.05, 4.69) is 198 Å². The van der Waals surface area contributed by atoms with Gasteiger partial charge in [-0.2, -0.15) is 0 Å². The van der Waals surface area contributed by atoms with E-state index in [0.717, 1.165) is 127 Å². The van der Waals surface area contributed by atoms with Crippen molar-refractivity contribution in [3.63, 3.8) is 0 Å². The molecule has 0 spiro atoms. The number of esters is 1. The molecular weight excluding hydrogens is 849 g/mol. The maximum absolute atomic E-state index is 12.0. The third kappa shape index (κ3) is 7.74. The van der Waals surface area contributed by atoms with Gasteiger partial charge in [0.1, 0.15) is 5.75 Å². The molecule has 0 unspecified atom stereocenters. The maximum atomic E-state index is 12.0. The standard InChI is InChI=1S/C62H46N4O3/c1-2-68-58(67)25-12-38-69-43-28-26-42(27-29-43)59-50-30-32-52(63-50)60(47-22-9-16-39-13-3-6-19-44(39)47)54-34-36-56(65-54)62(49-24-11-18-41-15-5-8-21-46(41)49)57-37-35-55(66-57)61(53-33-31-51(59)64-53)48-23-10-17-40-14-4-7-20-45(40)48/h3-11,13-24,26-37,63,66H,2,12,25,38H2,1H3. The minimum absolute atomic E-state index is 0.211. The van der Waals surface area contributed by atoms with Crippen LogP contribution in [0.2, 0.25) is 0 Å². The Kier molecular flexibility index (Phi) is 10.7. The van der Waals surface area contributed by atoms with Crippen LogP contribution < -0.4 is 4.74 Å². The summed E-state index contributed by atoms with van der Waals surface area (Å²) in [6.45, 7) is 2.59. The Morgan fingerprint density at radius 1 is 0.449 bits per heavy atom. The summed E-state index contributed by atoms with van der Waals surface area (Å²) in [6.07, 6.45) is 9.48. The Hall–Kier alpha value is -8.81. The number of carbonyl (C=O) groups excluding carboxylic acids is 1. The van der Waals surface area contributed by atoms with Crippen LogP contribution in [0.1, 0.15) is 42.5 Å². The van der Waals surface area contributed by atoms with Crippen LogP contribution in [0, 0.1) is 0 Å². The number of carbonyl (C=O) groups is 1. The molecular formula is C62H46N4O3. The monoisotopic (exact) mass is 894 g/mol. The number of ether oxygens (including phenoxy) is 2. The second-order valence-electron chi connectivity index (χ2n) is 17.4. The van der Waals surface area contributed by atoms with Crippen LogP contribution in [0.5, 0.6) is 5.75 Å². The van der Waals surface area contributed by atoms with Crippen molar-refractivity contribution in [1.29, 1.82) is 0 Å². The third-order valence-electron chi connectivity index (χ3n) is 13.2. The Balaban J connectivity index is 1.17. The summed E-state index contributed by atoms with van der Waals surface area (Å²) in [5, 5.41) is 6.88. The third-order valence-corrected chi connectivity index (χ3v) is 13.2. The summed E-state index contributed by atoms with van der Waals surface area (Å²) in [5.41, 5.74) is 15.3. The first-order valence-electron chi connectivity index (χ1n) is 23.6. The summed E-state index contributed by atoms with van der Waals surface area (Å²) in [6, 6.07) is 62.0. The molecule has 12 rings (SSSR count). The molecule has 3 aromatic heterocycles. The predicted molar refractivity (Wildman–Crippen MR) is 284 cm³/mol. The van der Waals surface area contributed by atoms with Crippen LogP contribution in [0.15, 0.2) is 176 Å². The molecule has 0 saturated heterocycles. The van der Waals surface area contributed by atoms with Gasteiger partial charge < -0.3 is 19.4 Å². The fourth-order valence-corrected chi connectivity index (χ4v) is 10.0. The Bertz CT molecular complexity index is 3800. The smallest absolute Gasteiger partial charge is 0.305 e. The van der Waals surface area contributed by atoms with Crippen LogP contribution in [0.4, 0.5) is 0 Å². The topological polar surface area (TPSA) is 92.9 Å². The fraction of sp³-hybridized carbons (Fsp3) is 0.0806. The van der Waals surface area contributed by atoms with Crippen LogP contribution in [0.25, 0.3) is 123 Å². The first-order chi connectivity index (χ1) is 34.1. The number of aromatic nitrogens is 4. The Morgan fingerprint density at radius 3 is 1.28 bits per heavy atom. The molecule has 10 aromatic rings. The number of hydrogen-bond donors (Lipinski definition) is 2. The van der Waals surface area contributed by atoms with Crippen LogP contribution in [0.3, 0.4) is 0 Å². The minimum atomic E-state index is -0.211. The van der Waals surface area contributed by atoms with Crippen molar-refractivity contribution in [1.82, 2.24) is 19.9 Å². The van der Waals surface area contributed by atoms with Gasteiger partial charge in [-0.3, -0.25) is 4.79 Å². The van der Waals surface area contributed by atoms with E-state index in [1.54, 1.807) is 0 Å². The SMILES string of the molecule is CCOC(=O)CCCOc1ccc(-c2c3nc(c(-c4cccc5ccccc45)c4ccc([nH]4)c(-c4cccc5ccccc45)c4nc(c(-c5cccc6ccccc56)c5ccc2[nH]5)C=C4)C=C3)cc1. The lowest BCUT2D eigenvalue weighted by Crippen LogP contribution is -2.06. The zero-order valence-corrected chi connectivity index (χ0v) is 38.0. The summed E-state index contributed by atoms with van der Waals surface area (Å²) in [5.74, 6) is 0.509. The summed E-state index contributed by atoms with van der Waals surface area (Å²) >= 11 is 0. The molecule has 0 amide bonds. The predicted octanol–water partition coefficient (Wildman–Crippen LogP) is 15.5. The first kappa shape index (κ1) is 41.6. The van der Waals surface area contributed by atoms with Crippen LogP contribution in [-0.2, 0) is 9.53 Å². The molecule has 2 aliphatic rings. The van der Waals surface area contributed by atoms with E-state index in [-0.39, 0.29) is 5.97 Å². The molecule has 0 atom stereocenters. The van der Waals surface area contributed by atoms with Gasteiger partial charge >= 0.3 is 5.97 Å². The Morgan fingerprint density at radius 2 is 0.841 bits per heavy atom. The van der Waals surface area contributed by atoms with E-state index in [9.17, 15) is 4.79 Å². The highest BCUT2D eigenvalue weighted by atomic mass is 16.5. The molecule has 2 aliphatic heterocycles. The van der Waals surface area contributed by atoms with Crippen molar-refractivity contribution < 1.29 is 14.3 Å².